The standard InChI is InChI=1S/C11H13FN4O/c1-2-11(17)10-7-16(15-14-10)6-8-3-9(12)5-13-4-8/h3-5,7,11,17H,2,6H2,1H3. The fourth-order valence-electron chi connectivity index (χ4n) is 1.48. The van der Waals surface area contributed by atoms with Gasteiger partial charge in [0.2, 0.25) is 0 Å². The molecule has 0 bridgehead atoms. The van der Waals surface area contributed by atoms with Gasteiger partial charge in [-0.15, -0.1) is 5.10 Å². The zero-order chi connectivity index (χ0) is 12.3. The monoisotopic (exact) mass is 236 g/mol. The van der Waals surface area contributed by atoms with Crippen LogP contribution in [-0.4, -0.2) is 25.1 Å². The molecule has 2 aromatic heterocycles. The van der Waals surface area contributed by atoms with Gasteiger partial charge in [0.1, 0.15) is 11.5 Å². The SMILES string of the molecule is CCC(O)c1cn(Cc2cncc(F)c2)nn1. The zero-order valence-corrected chi connectivity index (χ0v) is 9.41. The topological polar surface area (TPSA) is 63.8 Å². The summed E-state index contributed by atoms with van der Waals surface area (Å²) in [5.41, 5.74) is 1.23. The summed E-state index contributed by atoms with van der Waals surface area (Å²) >= 11 is 0. The molecule has 1 atom stereocenters. The number of aromatic nitrogens is 4. The molecule has 90 valence electrons. The van der Waals surface area contributed by atoms with Gasteiger partial charge in [0, 0.05) is 6.20 Å². The fourth-order valence-corrected chi connectivity index (χ4v) is 1.48. The van der Waals surface area contributed by atoms with Crippen LogP contribution in [0.4, 0.5) is 4.39 Å². The Hall–Kier alpha value is -1.82. The second-order valence-electron chi connectivity index (χ2n) is 3.78. The predicted octanol–water partition coefficient (Wildman–Crippen LogP) is 1.30. The molecule has 0 radical (unpaired) electrons. The Morgan fingerprint density at radius 2 is 2.29 bits per heavy atom. The third-order valence-electron chi connectivity index (χ3n) is 2.39. The van der Waals surface area contributed by atoms with Crippen LogP contribution in [0.3, 0.4) is 0 Å². The first-order valence-corrected chi connectivity index (χ1v) is 5.36. The number of aliphatic hydroxyl groups is 1. The van der Waals surface area contributed by atoms with E-state index < -0.39 is 6.10 Å². The first kappa shape index (κ1) is 11.7. The minimum Gasteiger partial charge on any atom is -0.387 e. The highest BCUT2D eigenvalue weighted by Gasteiger charge is 2.09. The third kappa shape index (κ3) is 2.85. The zero-order valence-electron chi connectivity index (χ0n) is 9.41. The summed E-state index contributed by atoms with van der Waals surface area (Å²) in [6.07, 6.45) is 4.35. The molecule has 0 aromatic carbocycles. The molecule has 0 spiro atoms. The molecule has 5 nitrogen and oxygen atoms in total. The maximum atomic E-state index is 12.9. The van der Waals surface area contributed by atoms with Gasteiger partial charge in [-0.1, -0.05) is 12.1 Å². The lowest BCUT2D eigenvalue weighted by molar-refractivity contribution is 0.168. The van der Waals surface area contributed by atoms with Crippen LogP contribution in [0.1, 0.15) is 30.7 Å². The van der Waals surface area contributed by atoms with Crippen LogP contribution in [0.2, 0.25) is 0 Å². The van der Waals surface area contributed by atoms with Crippen molar-refractivity contribution in [3.05, 3.63) is 41.7 Å². The van der Waals surface area contributed by atoms with Crippen LogP contribution >= 0.6 is 0 Å². The van der Waals surface area contributed by atoms with E-state index in [1.807, 2.05) is 6.92 Å². The Morgan fingerprint density at radius 1 is 1.47 bits per heavy atom. The van der Waals surface area contributed by atoms with Crippen molar-refractivity contribution < 1.29 is 9.50 Å². The molecule has 6 heteroatoms. The van der Waals surface area contributed by atoms with E-state index in [4.69, 9.17) is 0 Å². The Kier molecular flexibility index (Phi) is 3.43. The highest BCUT2D eigenvalue weighted by molar-refractivity contribution is 5.10. The molecule has 0 aliphatic carbocycles. The average molecular weight is 236 g/mol. The lowest BCUT2D eigenvalue weighted by Crippen LogP contribution is -2.01. The molecular formula is C11H13FN4O. The summed E-state index contributed by atoms with van der Waals surface area (Å²) in [4.78, 5) is 3.75. The van der Waals surface area contributed by atoms with Gasteiger partial charge in [-0.3, -0.25) is 4.98 Å². The van der Waals surface area contributed by atoms with Crippen LogP contribution in [-0.2, 0) is 6.54 Å². The van der Waals surface area contributed by atoms with Gasteiger partial charge in [0.05, 0.1) is 25.0 Å². The molecule has 1 N–H and O–H groups in total. The Labute approximate surface area is 97.9 Å². The van der Waals surface area contributed by atoms with Gasteiger partial charge in [-0.2, -0.15) is 0 Å². The Balaban J connectivity index is 2.11. The molecule has 2 rings (SSSR count). The molecule has 2 aromatic rings. The number of hydrogen-bond acceptors (Lipinski definition) is 4. The second kappa shape index (κ2) is 5.01. The Bertz CT molecular complexity index is 500. The summed E-state index contributed by atoms with van der Waals surface area (Å²) in [5, 5.41) is 17.3. The van der Waals surface area contributed by atoms with E-state index in [9.17, 15) is 9.50 Å². The van der Waals surface area contributed by atoms with Gasteiger partial charge < -0.3 is 5.11 Å². The normalized spacial score (nSPS) is 12.6. The van der Waals surface area contributed by atoms with E-state index in [0.717, 1.165) is 6.20 Å². The van der Waals surface area contributed by atoms with Crippen molar-refractivity contribution in [3.8, 4) is 0 Å². The smallest absolute Gasteiger partial charge is 0.141 e. The van der Waals surface area contributed by atoms with Crippen LogP contribution < -0.4 is 0 Å². The minimum atomic E-state index is -0.602. The number of pyridine rings is 1. The van der Waals surface area contributed by atoms with Crippen molar-refractivity contribution in [2.75, 3.05) is 0 Å². The maximum absolute atomic E-state index is 12.9. The molecule has 0 saturated carbocycles. The van der Waals surface area contributed by atoms with E-state index in [2.05, 4.69) is 15.3 Å². The van der Waals surface area contributed by atoms with Gasteiger partial charge in [-0.25, -0.2) is 9.07 Å². The molecule has 0 saturated heterocycles. The lowest BCUT2D eigenvalue weighted by atomic mass is 10.2. The first-order valence-electron chi connectivity index (χ1n) is 5.36. The van der Waals surface area contributed by atoms with E-state index in [1.54, 1.807) is 17.1 Å². The average Bonchev–Trinajstić information content (AvgIpc) is 2.76. The van der Waals surface area contributed by atoms with Crippen molar-refractivity contribution in [1.29, 1.82) is 0 Å². The fraction of sp³-hybridized carbons (Fsp3) is 0.364. The van der Waals surface area contributed by atoms with E-state index in [1.165, 1.54) is 6.07 Å². The molecule has 1 unspecified atom stereocenters. The van der Waals surface area contributed by atoms with Gasteiger partial charge >= 0.3 is 0 Å². The summed E-state index contributed by atoms with van der Waals surface area (Å²) in [6.45, 7) is 2.24. The summed E-state index contributed by atoms with van der Waals surface area (Å²) in [5.74, 6) is -0.378. The molecular weight excluding hydrogens is 223 g/mol. The summed E-state index contributed by atoms with van der Waals surface area (Å²) in [6, 6.07) is 1.39. The van der Waals surface area contributed by atoms with Gasteiger partial charge in [0.15, 0.2) is 0 Å². The molecule has 0 aliphatic heterocycles. The third-order valence-corrected chi connectivity index (χ3v) is 2.39. The Morgan fingerprint density at radius 3 is 3.00 bits per heavy atom. The summed E-state index contributed by atoms with van der Waals surface area (Å²) < 4.78 is 14.5. The number of nitrogens with zero attached hydrogens (tertiary/aromatic N) is 4. The van der Waals surface area contributed by atoms with Crippen molar-refractivity contribution in [1.82, 2.24) is 20.0 Å². The van der Waals surface area contributed by atoms with E-state index in [-0.39, 0.29) is 5.82 Å². The van der Waals surface area contributed by atoms with Crippen LogP contribution in [0.15, 0.2) is 24.7 Å². The predicted molar refractivity (Wildman–Crippen MR) is 58.6 cm³/mol. The quantitative estimate of drug-likeness (QED) is 0.869. The largest absolute Gasteiger partial charge is 0.387 e. The number of aliphatic hydroxyl groups excluding tert-OH is 1. The summed E-state index contributed by atoms with van der Waals surface area (Å²) in [7, 11) is 0. The van der Waals surface area contributed by atoms with E-state index in [0.29, 0.717) is 24.2 Å². The maximum Gasteiger partial charge on any atom is 0.141 e. The lowest BCUT2D eigenvalue weighted by Gasteiger charge is -2.01. The van der Waals surface area contributed by atoms with Crippen molar-refractivity contribution in [2.45, 2.75) is 26.0 Å². The minimum absolute atomic E-state index is 0.378. The molecule has 2 heterocycles. The van der Waals surface area contributed by atoms with Crippen molar-refractivity contribution >= 4 is 0 Å². The van der Waals surface area contributed by atoms with Crippen molar-refractivity contribution in [2.24, 2.45) is 0 Å². The van der Waals surface area contributed by atoms with Gasteiger partial charge in [0.25, 0.3) is 0 Å². The molecule has 0 aliphatic rings. The number of rotatable bonds is 4. The molecule has 17 heavy (non-hydrogen) atoms. The highest BCUT2D eigenvalue weighted by atomic mass is 19.1. The molecule has 0 amide bonds. The van der Waals surface area contributed by atoms with Crippen LogP contribution in [0, 0.1) is 5.82 Å². The second-order valence-corrected chi connectivity index (χ2v) is 3.78. The van der Waals surface area contributed by atoms with Crippen LogP contribution in [0.5, 0.6) is 0 Å². The first-order chi connectivity index (χ1) is 8.19. The highest BCUT2D eigenvalue weighted by Crippen LogP contribution is 2.12. The number of halogens is 1. The van der Waals surface area contributed by atoms with Gasteiger partial charge in [-0.05, 0) is 18.1 Å². The van der Waals surface area contributed by atoms with E-state index >= 15 is 0 Å². The van der Waals surface area contributed by atoms with Crippen LogP contribution in [0.25, 0.3) is 0 Å². The number of hydrogen-bond donors (Lipinski definition) is 1. The van der Waals surface area contributed by atoms with Crippen molar-refractivity contribution in [3.63, 3.8) is 0 Å². The molecule has 0 fully saturated rings.